The number of carbonyl (C=O) groups is 1. The minimum Gasteiger partial charge on any atom is -0.363 e. The van der Waals surface area contributed by atoms with Crippen molar-refractivity contribution in [2.45, 2.75) is 44.2 Å². The maximum absolute atomic E-state index is 12.4. The number of hydrogen-bond acceptors (Lipinski definition) is 5. The number of carbonyl (C=O) groups excluding carboxylic acids is 1. The summed E-state index contributed by atoms with van der Waals surface area (Å²) in [6.45, 7) is 0.621. The molecule has 3 N–H and O–H groups in total. The van der Waals surface area contributed by atoms with Crippen molar-refractivity contribution < 1.29 is 4.79 Å². The lowest BCUT2D eigenvalue weighted by molar-refractivity contribution is 0.232. The third kappa shape index (κ3) is 5.66. The second-order valence-corrected chi connectivity index (χ2v) is 8.61. The number of rotatable bonds is 7. The highest BCUT2D eigenvalue weighted by Gasteiger charge is 2.23. The number of urea groups is 1. The number of fused-ring (bicyclic) bond motifs is 1. The van der Waals surface area contributed by atoms with Gasteiger partial charge in [-0.25, -0.2) is 9.78 Å². The molecule has 0 saturated heterocycles. The van der Waals surface area contributed by atoms with Crippen LogP contribution in [0.15, 0.2) is 54.7 Å². The summed E-state index contributed by atoms with van der Waals surface area (Å²) in [6.07, 6.45) is 6.45. The molecule has 7 heteroatoms. The topological polar surface area (TPSA) is 82.2 Å². The van der Waals surface area contributed by atoms with Gasteiger partial charge in [-0.1, -0.05) is 42.5 Å². The first-order valence-corrected chi connectivity index (χ1v) is 11.4. The van der Waals surface area contributed by atoms with Gasteiger partial charge in [0.25, 0.3) is 0 Å². The van der Waals surface area contributed by atoms with Crippen LogP contribution in [-0.2, 0) is 6.42 Å². The number of hydrogen-bond donors (Lipinski definition) is 3. The van der Waals surface area contributed by atoms with Gasteiger partial charge in [-0.3, -0.25) is 0 Å². The molecule has 0 aliphatic heterocycles. The van der Waals surface area contributed by atoms with Crippen LogP contribution in [0.2, 0.25) is 0 Å². The van der Waals surface area contributed by atoms with Crippen molar-refractivity contribution in [3.63, 3.8) is 0 Å². The van der Waals surface area contributed by atoms with Crippen LogP contribution in [0.1, 0.15) is 31.2 Å². The predicted molar refractivity (Wildman–Crippen MR) is 130 cm³/mol. The van der Waals surface area contributed by atoms with Gasteiger partial charge in [0.1, 0.15) is 5.82 Å². The maximum Gasteiger partial charge on any atom is 0.315 e. The molecular weight excluding hydrogens is 400 g/mol. The Morgan fingerprint density at radius 1 is 1.00 bits per heavy atom. The molecule has 7 nitrogen and oxygen atoms in total. The van der Waals surface area contributed by atoms with E-state index >= 15 is 0 Å². The minimum atomic E-state index is -0.0799. The van der Waals surface area contributed by atoms with Crippen LogP contribution in [0.25, 0.3) is 10.8 Å². The Bertz CT molecular complexity index is 1040. The van der Waals surface area contributed by atoms with Crippen molar-refractivity contribution in [1.82, 2.24) is 20.6 Å². The molecule has 2 amide bonds. The number of benzene rings is 2. The van der Waals surface area contributed by atoms with E-state index in [1.807, 2.05) is 25.1 Å². The number of nitrogens with one attached hydrogen (secondary N) is 3. The zero-order valence-corrected chi connectivity index (χ0v) is 18.8. The van der Waals surface area contributed by atoms with Crippen LogP contribution in [-0.4, -0.2) is 48.7 Å². The first-order valence-electron chi connectivity index (χ1n) is 11.4. The smallest absolute Gasteiger partial charge is 0.315 e. The van der Waals surface area contributed by atoms with Gasteiger partial charge in [0.15, 0.2) is 0 Å². The fourth-order valence-electron chi connectivity index (χ4n) is 4.29. The molecule has 0 spiro atoms. The van der Waals surface area contributed by atoms with Crippen LogP contribution in [0.4, 0.5) is 16.6 Å². The second kappa shape index (κ2) is 10.3. The summed E-state index contributed by atoms with van der Waals surface area (Å²) < 4.78 is 0. The summed E-state index contributed by atoms with van der Waals surface area (Å²) in [5.74, 6) is 1.55. The van der Waals surface area contributed by atoms with E-state index in [-0.39, 0.29) is 12.1 Å². The van der Waals surface area contributed by atoms with E-state index in [0.717, 1.165) is 37.9 Å². The van der Waals surface area contributed by atoms with E-state index in [2.05, 4.69) is 68.4 Å². The lowest BCUT2D eigenvalue weighted by atomic mass is 9.91. The third-order valence-corrected chi connectivity index (χ3v) is 6.05. The number of anilines is 2. The van der Waals surface area contributed by atoms with Crippen molar-refractivity contribution in [3.05, 3.63) is 60.3 Å². The third-order valence-electron chi connectivity index (χ3n) is 6.05. The Labute approximate surface area is 189 Å². The summed E-state index contributed by atoms with van der Waals surface area (Å²) >= 11 is 0. The molecule has 1 saturated carbocycles. The largest absolute Gasteiger partial charge is 0.363 e. The van der Waals surface area contributed by atoms with Gasteiger partial charge in [-0.2, -0.15) is 4.98 Å². The highest BCUT2D eigenvalue weighted by atomic mass is 16.2. The normalized spacial score (nSPS) is 18.2. The number of aromatic nitrogens is 2. The van der Waals surface area contributed by atoms with Gasteiger partial charge < -0.3 is 20.9 Å². The van der Waals surface area contributed by atoms with E-state index in [4.69, 9.17) is 0 Å². The van der Waals surface area contributed by atoms with Gasteiger partial charge in [-0.05, 0) is 54.5 Å². The average molecular weight is 433 g/mol. The van der Waals surface area contributed by atoms with E-state index < -0.39 is 0 Å². The Morgan fingerprint density at radius 2 is 1.75 bits per heavy atom. The number of amides is 2. The highest BCUT2D eigenvalue weighted by Crippen LogP contribution is 2.22. The lowest BCUT2D eigenvalue weighted by Gasteiger charge is -2.29. The summed E-state index contributed by atoms with van der Waals surface area (Å²) in [4.78, 5) is 23.2. The second-order valence-electron chi connectivity index (χ2n) is 8.61. The molecular formula is C25H32N6O. The molecule has 1 aliphatic rings. The van der Waals surface area contributed by atoms with E-state index in [0.29, 0.717) is 18.5 Å². The fraction of sp³-hybridized carbons (Fsp3) is 0.400. The molecule has 168 valence electrons. The molecule has 0 bridgehead atoms. The first-order chi connectivity index (χ1) is 15.6. The molecule has 0 atom stereocenters. The van der Waals surface area contributed by atoms with E-state index in [9.17, 15) is 4.79 Å². The van der Waals surface area contributed by atoms with Gasteiger partial charge >= 0.3 is 6.03 Å². The molecule has 3 aromatic rings. The van der Waals surface area contributed by atoms with E-state index in [1.54, 1.807) is 6.20 Å². The van der Waals surface area contributed by atoms with Crippen LogP contribution in [0.5, 0.6) is 0 Å². The fourth-order valence-corrected chi connectivity index (χ4v) is 4.29. The Morgan fingerprint density at radius 3 is 2.56 bits per heavy atom. The summed E-state index contributed by atoms with van der Waals surface area (Å²) in [5, 5.41) is 12.1. The molecule has 1 heterocycles. The molecule has 0 radical (unpaired) electrons. The monoisotopic (exact) mass is 432 g/mol. The molecule has 32 heavy (non-hydrogen) atoms. The molecule has 4 rings (SSSR count). The Hall–Kier alpha value is -3.35. The molecule has 2 aromatic carbocycles. The zero-order valence-electron chi connectivity index (χ0n) is 18.8. The van der Waals surface area contributed by atoms with Gasteiger partial charge in [0, 0.05) is 38.9 Å². The summed E-state index contributed by atoms with van der Waals surface area (Å²) in [7, 11) is 3.94. The van der Waals surface area contributed by atoms with Crippen LogP contribution >= 0.6 is 0 Å². The highest BCUT2D eigenvalue weighted by molar-refractivity contribution is 5.85. The predicted octanol–water partition coefficient (Wildman–Crippen LogP) is 3.96. The van der Waals surface area contributed by atoms with Crippen molar-refractivity contribution in [2.75, 3.05) is 30.9 Å². The SMILES string of the molecule is CN(C)c1ccnc(NC2CCC(NC(=O)NCCc3cccc4ccccc34)CC2)n1. The van der Waals surface area contributed by atoms with E-state index in [1.165, 1.54) is 16.3 Å². The maximum atomic E-state index is 12.4. The van der Waals surface area contributed by atoms with Gasteiger partial charge in [-0.15, -0.1) is 0 Å². The molecule has 1 aromatic heterocycles. The standard InChI is InChI=1S/C25H32N6O/c1-31(2)23-15-17-26-24(30-23)28-20-10-12-21(13-11-20)29-25(32)27-16-14-19-8-5-7-18-6-3-4-9-22(18)19/h3-9,15,17,20-21H,10-14,16H2,1-2H3,(H,26,28,30)(H2,27,29,32). The lowest BCUT2D eigenvalue weighted by Crippen LogP contribution is -2.45. The van der Waals surface area contributed by atoms with Crippen molar-refractivity contribution in [2.24, 2.45) is 0 Å². The van der Waals surface area contributed by atoms with Crippen LogP contribution in [0.3, 0.4) is 0 Å². The van der Waals surface area contributed by atoms with Crippen LogP contribution in [0, 0.1) is 0 Å². The quantitative estimate of drug-likeness (QED) is 0.526. The minimum absolute atomic E-state index is 0.0799. The number of nitrogens with zero attached hydrogens (tertiary/aromatic N) is 3. The van der Waals surface area contributed by atoms with Crippen molar-refractivity contribution in [1.29, 1.82) is 0 Å². The molecule has 1 aliphatic carbocycles. The molecule has 1 fully saturated rings. The average Bonchev–Trinajstić information content (AvgIpc) is 2.81. The Kier molecular flexibility index (Phi) is 7.04. The Balaban J connectivity index is 1.19. The van der Waals surface area contributed by atoms with Gasteiger partial charge in [0.2, 0.25) is 5.95 Å². The summed E-state index contributed by atoms with van der Waals surface area (Å²) in [6, 6.07) is 17.1. The zero-order chi connectivity index (χ0) is 22.3. The van der Waals surface area contributed by atoms with Crippen LogP contribution < -0.4 is 20.9 Å². The van der Waals surface area contributed by atoms with Gasteiger partial charge in [0.05, 0.1) is 0 Å². The first kappa shape index (κ1) is 21.9. The van der Waals surface area contributed by atoms with Crippen molar-refractivity contribution in [3.8, 4) is 0 Å². The summed E-state index contributed by atoms with van der Waals surface area (Å²) in [5.41, 5.74) is 1.26. The van der Waals surface area contributed by atoms with Crippen molar-refractivity contribution >= 4 is 28.6 Å². The molecule has 0 unspecified atom stereocenters.